The second kappa shape index (κ2) is 7.65. The maximum Gasteiger partial charge on any atom is 0.382 e. The number of rotatable bonds is 5. The summed E-state index contributed by atoms with van der Waals surface area (Å²) in [6, 6.07) is 14.0. The first-order valence-corrected chi connectivity index (χ1v) is 8.20. The van der Waals surface area contributed by atoms with Crippen LogP contribution in [0.2, 0.25) is 0 Å². The minimum Gasteiger partial charge on any atom is -0.463 e. The van der Waals surface area contributed by atoms with E-state index in [4.69, 9.17) is 0 Å². The van der Waals surface area contributed by atoms with Gasteiger partial charge in [-0.15, -0.1) is 0 Å². The number of methoxy groups -OCH3 is 1. The van der Waals surface area contributed by atoms with Crippen LogP contribution < -0.4 is 10.3 Å². The number of ether oxygens (including phenoxy) is 1. The van der Waals surface area contributed by atoms with Gasteiger partial charge in [0.05, 0.1) is 12.8 Å². The molecule has 0 aliphatic rings. The van der Waals surface area contributed by atoms with Crippen LogP contribution in [-0.4, -0.2) is 29.8 Å². The summed E-state index contributed by atoms with van der Waals surface area (Å²) >= 11 is 0. The summed E-state index contributed by atoms with van der Waals surface area (Å²) in [7, 11) is 1.22. The van der Waals surface area contributed by atoms with E-state index < -0.39 is 11.9 Å². The molecule has 0 radical (unpaired) electrons. The zero-order valence-corrected chi connectivity index (χ0v) is 14.8. The molecule has 1 heterocycles. The van der Waals surface area contributed by atoms with Crippen molar-refractivity contribution in [2.24, 2.45) is 0 Å². The first-order chi connectivity index (χ1) is 13.0. The number of esters is 1. The Morgan fingerprint density at radius 2 is 1.81 bits per heavy atom. The van der Waals surface area contributed by atoms with Gasteiger partial charge in [0.15, 0.2) is 5.78 Å². The molecule has 2 aromatic carbocycles. The van der Waals surface area contributed by atoms with Crippen LogP contribution in [0, 0.1) is 6.92 Å². The maximum absolute atomic E-state index is 12.9. The Morgan fingerprint density at radius 3 is 2.52 bits per heavy atom. The number of aryl methyl sites for hydroxylation is 1. The molecular weight excluding hydrogens is 346 g/mol. The number of aromatic nitrogens is 2. The molecule has 0 fully saturated rings. The van der Waals surface area contributed by atoms with Gasteiger partial charge in [-0.3, -0.25) is 9.59 Å². The number of hydrogen-bond donors (Lipinski definition) is 2. The molecule has 0 aliphatic carbocycles. The van der Waals surface area contributed by atoms with Gasteiger partial charge in [-0.2, -0.15) is 0 Å². The first-order valence-electron chi connectivity index (χ1n) is 8.20. The van der Waals surface area contributed by atoms with Crippen molar-refractivity contribution in [2.45, 2.75) is 6.92 Å². The van der Waals surface area contributed by atoms with E-state index in [1.807, 2.05) is 13.0 Å². The molecule has 3 N–H and O–H groups in total. The van der Waals surface area contributed by atoms with Crippen LogP contribution in [0.3, 0.4) is 0 Å². The predicted octanol–water partition coefficient (Wildman–Crippen LogP) is 2.41. The molecule has 3 aromatic rings. The lowest BCUT2D eigenvalue weighted by Gasteiger charge is -2.11. The standard InChI is InChI=1S/C20H17N3O4/c1-12-8-9-15(14(10-12)18(24)13-6-4-3-5-7-13)23-19(25)16-17(20(26)27-2)22-11-21-16/h3-11H,1-2H3,(H,21,22)(H,23,25)/p+1. The number of H-pyrrole nitrogens is 2. The number of nitrogens with one attached hydrogen (secondary N) is 3. The third-order valence-electron chi connectivity index (χ3n) is 4.00. The fourth-order valence-corrected chi connectivity index (χ4v) is 2.65. The van der Waals surface area contributed by atoms with E-state index in [2.05, 4.69) is 20.0 Å². The Kier molecular flexibility index (Phi) is 5.12. The van der Waals surface area contributed by atoms with E-state index in [9.17, 15) is 14.4 Å². The summed E-state index contributed by atoms with van der Waals surface area (Å²) < 4.78 is 4.65. The Morgan fingerprint density at radius 1 is 1.07 bits per heavy atom. The lowest BCUT2D eigenvalue weighted by atomic mass is 9.99. The molecule has 0 atom stereocenters. The van der Waals surface area contributed by atoms with Crippen LogP contribution >= 0.6 is 0 Å². The van der Waals surface area contributed by atoms with Crippen LogP contribution in [0.15, 0.2) is 54.9 Å². The summed E-state index contributed by atoms with van der Waals surface area (Å²) in [5, 5.41) is 2.69. The van der Waals surface area contributed by atoms with E-state index in [0.29, 0.717) is 16.8 Å². The number of ketones is 1. The minimum absolute atomic E-state index is 0.00181. The number of benzene rings is 2. The lowest BCUT2D eigenvalue weighted by Crippen LogP contribution is -2.24. The predicted molar refractivity (Wildman–Crippen MR) is 97.7 cm³/mol. The number of imidazole rings is 1. The third-order valence-corrected chi connectivity index (χ3v) is 4.00. The molecule has 0 saturated heterocycles. The first kappa shape index (κ1) is 18.1. The smallest absolute Gasteiger partial charge is 0.382 e. The third kappa shape index (κ3) is 3.77. The number of anilines is 1. The highest BCUT2D eigenvalue weighted by Crippen LogP contribution is 2.22. The van der Waals surface area contributed by atoms with Crippen LogP contribution in [-0.2, 0) is 4.74 Å². The Balaban J connectivity index is 1.94. The fourth-order valence-electron chi connectivity index (χ4n) is 2.65. The summed E-state index contributed by atoms with van der Waals surface area (Å²) in [5.41, 5.74) is 2.13. The Hall–Kier alpha value is -3.74. The quantitative estimate of drug-likeness (QED) is 0.536. The molecule has 136 valence electrons. The molecule has 1 aromatic heterocycles. The van der Waals surface area contributed by atoms with Crippen LogP contribution in [0.4, 0.5) is 5.69 Å². The van der Waals surface area contributed by atoms with E-state index in [1.54, 1.807) is 42.5 Å². The van der Waals surface area contributed by atoms with Crippen molar-refractivity contribution < 1.29 is 24.1 Å². The van der Waals surface area contributed by atoms with Gasteiger partial charge in [0, 0.05) is 11.1 Å². The lowest BCUT2D eigenvalue weighted by molar-refractivity contribution is -0.379. The van der Waals surface area contributed by atoms with Crippen molar-refractivity contribution in [2.75, 3.05) is 12.4 Å². The molecule has 7 heteroatoms. The highest BCUT2D eigenvalue weighted by atomic mass is 16.5. The highest BCUT2D eigenvalue weighted by Gasteiger charge is 2.27. The van der Waals surface area contributed by atoms with Crippen molar-refractivity contribution in [3.05, 3.63) is 82.9 Å². The average molecular weight is 364 g/mol. The second-order valence-electron chi connectivity index (χ2n) is 5.87. The summed E-state index contributed by atoms with van der Waals surface area (Å²) in [6.45, 7) is 1.86. The SMILES string of the molecule is COC(=O)c1[nH]c[nH+]c1C(=O)Nc1ccc(C)cc1C(=O)c1ccccc1. The Bertz CT molecular complexity index is 1010. The van der Waals surface area contributed by atoms with Gasteiger partial charge >= 0.3 is 5.97 Å². The average Bonchev–Trinajstić information content (AvgIpc) is 3.19. The largest absolute Gasteiger partial charge is 0.463 e. The molecule has 27 heavy (non-hydrogen) atoms. The summed E-state index contributed by atoms with van der Waals surface area (Å²) in [6.07, 6.45) is 1.35. The van der Waals surface area contributed by atoms with Gasteiger partial charge in [0.2, 0.25) is 12.0 Å². The second-order valence-corrected chi connectivity index (χ2v) is 5.87. The van der Waals surface area contributed by atoms with E-state index in [0.717, 1.165) is 5.56 Å². The van der Waals surface area contributed by atoms with Gasteiger partial charge in [-0.25, -0.2) is 14.8 Å². The van der Waals surface area contributed by atoms with Crippen molar-refractivity contribution in [1.29, 1.82) is 0 Å². The zero-order valence-electron chi connectivity index (χ0n) is 14.8. The van der Waals surface area contributed by atoms with E-state index in [1.165, 1.54) is 13.4 Å². The number of carbonyl (C=O) groups excluding carboxylic acids is 3. The van der Waals surface area contributed by atoms with Crippen molar-refractivity contribution in [3.8, 4) is 0 Å². The molecule has 7 nitrogen and oxygen atoms in total. The molecule has 0 aliphatic heterocycles. The van der Waals surface area contributed by atoms with Gasteiger partial charge in [0.25, 0.3) is 11.6 Å². The van der Waals surface area contributed by atoms with Gasteiger partial charge in [-0.05, 0) is 19.1 Å². The van der Waals surface area contributed by atoms with Crippen molar-refractivity contribution in [3.63, 3.8) is 0 Å². The van der Waals surface area contributed by atoms with E-state index >= 15 is 0 Å². The highest BCUT2D eigenvalue weighted by molar-refractivity contribution is 6.15. The van der Waals surface area contributed by atoms with Crippen LogP contribution in [0.5, 0.6) is 0 Å². The number of carbonyl (C=O) groups is 3. The zero-order chi connectivity index (χ0) is 19.4. The number of hydrogen-bond acceptors (Lipinski definition) is 4. The number of amides is 1. The van der Waals surface area contributed by atoms with E-state index in [-0.39, 0.29) is 17.2 Å². The molecule has 0 bridgehead atoms. The molecule has 0 spiro atoms. The molecular formula is C20H18N3O4+. The molecule has 0 unspecified atom stereocenters. The van der Waals surface area contributed by atoms with Gasteiger partial charge < -0.3 is 10.1 Å². The minimum atomic E-state index is -0.675. The van der Waals surface area contributed by atoms with Gasteiger partial charge in [0.1, 0.15) is 0 Å². The molecule has 1 amide bonds. The topological polar surface area (TPSA) is 102 Å². The summed E-state index contributed by atoms with van der Waals surface area (Å²) in [4.78, 5) is 42.6. The Labute approximate surface area is 155 Å². The van der Waals surface area contributed by atoms with Gasteiger partial charge in [-0.1, -0.05) is 42.0 Å². The van der Waals surface area contributed by atoms with Crippen LogP contribution in [0.1, 0.15) is 42.5 Å². The molecule has 0 saturated carbocycles. The normalized spacial score (nSPS) is 10.3. The molecule has 3 rings (SSSR count). The fraction of sp³-hybridized carbons (Fsp3) is 0.100. The summed E-state index contributed by atoms with van der Waals surface area (Å²) in [5.74, 6) is -1.45. The van der Waals surface area contributed by atoms with Crippen LogP contribution in [0.25, 0.3) is 0 Å². The number of aromatic amines is 2. The van der Waals surface area contributed by atoms with Crippen molar-refractivity contribution >= 4 is 23.3 Å². The monoisotopic (exact) mass is 364 g/mol. The van der Waals surface area contributed by atoms with Crippen molar-refractivity contribution in [1.82, 2.24) is 4.98 Å². The maximum atomic E-state index is 12.9.